The third kappa shape index (κ3) is 4.97. The summed E-state index contributed by atoms with van der Waals surface area (Å²) in [5, 5.41) is 3.55. The molecule has 0 spiro atoms. The number of hydrogen-bond donors (Lipinski definition) is 1. The molecule has 0 aromatic carbocycles. The first kappa shape index (κ1) is 15.0. The summed E-state index contributed by atoms with van der Waals surface area (Å²) >= 11 is 0. The lowest BCUT2D eigenvalue weighted by atomic mass is 9.89. The molecule has 1 heterocycles. The lowest BCUT2D eigenvalue weighted by molar-refractivity contribution is 0.0776. The molecule has 1 N–H and O–H groups in total. The largest absolute Gasteiger partial charge is 0.316 e. The van der Waals surface area contributed by atoms with Crippen LogP contribution in [0.4, 0.5) is 0 Å². The van der Waals surface area contributed by atoms with E-state index in [1.807, 2.05) is 0 Å². The molecule has 1 aliphatic rings. The third-order valence-corrected chi connectivity index (χ3v) is 4.19. The van der Waals surface area contributed by atoms with Gasteiger partial charge in [0.25, 0.3) is 0 Å². The molecule has 17 heavy (non-hydrogen) atoms. The van der Waals surface area contributed by atoms with E-state index in [1.54, 1.807) is 0 Å². The van der Waals surface area contributed by atoms with Crippen molar-refractivity contribution in [3.8, 4) is 0 Å². The van der Waals surface area contributed by atoms with Crippen LogP contribution in [0.1, 0.15) is 47.5 Å². The van der Waals surface area contributed by atoms with Crippen molar-refractivity contribution in [1.82, 2.24) is 10.2 Å². The van der Waals surface area contributed by atoms with Crippen LogP contribution < -0.4 is 5.32 Å². The summed E-state index contributed by atoms with van der Waals surface area (Å²) in [6.07, 6.45) is 2.64. The van der Waals surface area contributed by atoms with E-state index >= 15 is 0 Å². The Kier molecular flexibility index (Phi) is 6.50. The fraction of sp³-hybridized carbons (Fsp3) is 1.00. The Morgan fingerprint density at radius 1 is 1.18 bits per heavy atom. The fourth-order valence-electron chi connectivity index (χ4n) is 3.08. The molecular formula is C15H32N2. The van der Waals surface area contributed by atoms with Crippen molar-refractivity contribution in [1.29, 1.82) is 0 Å². The van der Waals surface area contributed by atoms with Gasteiger partial charge in [0.05, 0.1) is 0 Å². The molecule has 1 fully saturated rings. The maximum Gasteiger partial charge on any atom is 0.0105 e. The number of likely N-dealkylation sites (tertiary alicyclic amines) is 1. The van der Waals surface area contributed by atoms with Gasteiger partial charge in [-0.1, -0.05) is 27.7 Å². The van der Waals surface area contributed by atoms with Gasteiger partial charge in [-0.15, -0.1) is 0 Å². The van der Waals surface area contributed by atoms with Crippen molar-refractivity contribution in [3.05, 3.63) is 0 Å². The van der Waals surface area contributed by atoms with Crippen molar-refractivity contribution >= 4 is 0 Å². The maximum absolute atomic E-state index is 3.55. The third-order valence-electron chi connectivity index (χ3n) is 4.19. The van der Waals surface area contributed by atoms with Crippen LogP contribution in [0.15, 0.2) is 0 Å². The molecule has 2 heteroatoms. The molecule has 1 aliphatic heterocycles. The molecule has 0 bridgehead atoms. The summed E-state index contributed by atoms with van der Waals surface area (Å²) in [5.41, 5.74) is 0. The highest BCUT2D eigenvalue weighted by molar-refractivity contribution is 4.81. The van der Waals surface area contributed by atoms with Crippen LogP contribution in [0.3, 0.4) is 0 Å². The minimum absolute atomic E-state index is 0.713. The van der Waals surface area contributed by atoms with Crippen LogP contribution in [-0.2, 0) is 0 Å². The van der Waals surface area contributed by atoms with Gasteiger partial charge in [-0.3, -0.25) is 4.90 Å². The van der Waals surface area contributed by atoms with E-state index in [-0.39, 0.29) is 0 Å². The first-order chi connectivity index (χ1) is 8.04. The van der Waals surface area contributed by atoms with Gasteiger partial charge < -0.3 is 5.32 Å². The summed E-state index contributed by atoms with van der Waals surface area (Å²) in [5.74, 6) is 2.49. The van der Waals surface area contributed by atoms with Gasteiger partial charge in [0.15, 0.2) is 0 Å². The van der Waals surface area contributed by atoms with Gasteiger partial charge in [-0.2, -0.15) is 0 Å². The fourth-order valence-corrected chi connectivity index (χ4v) is 3.08. The summed E-state index contributed by atoms with van der Waals surface area (Å²) in [6, 6.07) is 0.713. The molecule has 0 saturated carbocycles. The van der Waals surface area contributed by atoms with Crippen LogP contribution >= 0.6 is 0 Å². The summed E-state index contributed by atoms with van der Waals surface area (Å²) in [7, 11) is 0. The Morgan fingerprint density at radius 2 is 1.76 bits per heavy atom. The predicted molar refractivity (Wildman–Crippen MR) is 76.3 cm³/mol. The molecule has 4 atom stereocenters. The second-order valence-electron chi connectivity index (χ2n) is 6.32. The quantitative estimate of drug-likeness (QED) is 0.718. The monoisotopic (exact) mass is 240 g/mol. The number of nitrogens with one attached hydrogen (secondary N) is 1. The van der Waals surface area contributed by atoms with Crippen molar-refractivity contribution in [3.63, 3.8) is 0 Å². The molecule has 2 nitrogen and oxygen atoms in total. The zero-order valence-electron chi connectivity index (χ0n) is 12.5. The van der Waals surface area contributed by atoms with Crippen molar-refractivity contribution in [2.24, 2.45) is 17.8 Å². The van der Waals surface area contributed by atoms with Crippen molar-refractivity contribution < 1.29 is 0 Å². The van der Waals surface area contributed by atoms with E-state index in [0.717, 1.165) is 30.8 Å². The van der Waals surface area contributed by atoms with Crippen LogP contribution in [0.2, 0.25) is 0 Å². The lowest BCUT2D eigenvalue weighted by Crippen LogP contribution is -2.48. The van der Waals surface area contributed by atoms with E-state index in [4.69, 9.17) is 0 Å². The summed E-state index contributed by atoms with van der Waals surface area (Å²) in [6.45, 7) is 16.7. The average molecular weight is 240 g/mol. The highest BCUT2D eigenvalue weighted by atomic mass is 15.2. The molecule has 1 rings (SSSR count). The minimum Gasteiger partial charge on any atom is -0.316 e. The summed E-state index contributed by atoms with van der Waals surface area (Å²) in [4.78, 5) is 2.71. The first-order valence-corrected chi connectivity index (χ1v) is 7.49. The van der Waals surface area contributed by atoms with Gasteiger partial charge >= 0.3 is 0 Å². The smallest absolute Gasteiger partial charge is 0.0105 e. The van der Waals surface area contributed by atoms with E-state index in [0.29, 0.717) is 6.04 Å². The Labute approximate surface area is 108 Å². The minimum atomic E-state index is 0.713. The summed E-state index contributed by atoms with van der Waals surface area (Å²) < 4.78 is 0. The topological polar surface area (TPSA) is 15.3 Å². The van der Waals surface area contributed by atoms with E-state index in [1.165, 1.54) is 25.9 Å². The van der Waals surface area contributed by atoms with Gasteiger partial charge in [-0.05, 0) is 50.6 Å². The second kappa shape index (κ2) is 7.38. The van der Waals surface area contributed by atoms with Crippen LogP contribution in [0.5, 0.6) is 0 Å². The molecule has 1 saturated heterocycles. The van der Waals surface area contributed by atoms with E-state index in [2.05, 4.69) is 44.8 Å². The highest BCUT2D eigenvalue weighted by Gasteiger charge is 2.27. The van der Waals surface area contributed by atoms with Crippen LogP contribution in [-0.4, -0.2) is 37.1 Å². The molecule has 0 aromatic heterocycles. The Morgan fingerprint density at radius 3 is 2.29 bits per heavy atom. The molecule has 0 amide bonds. The Hall–Kier alpha value is -0.0800. The Bertz CT molecular complexity index is 195. The molecule has 0 radical (unpaired) electrons. The van der Waals surface area contributed by atoms with Crippen molar-refractivity contribution in [2.45, 2.75) is 53.5 Å². The Balaban J connectivity index is 2.36. The van der Waals surface area contributed by atoms with Gasteiger partial charge in [0.2, 0.25) is 0 Å². The molecule has 4 unspecified atom stereocenters. The molecular weight excluding hydrogens is 208 g/mol. The molecule has 0 aromatic rings. The zero-order chi connectivity index (χ0) is 12.8. The first-order valence-electron chi connectivity index (χ1n) is 7.49. The zero-order valence-corrected chi connectivity index (χ0v) is 12.5. The van der Waals surface area contributed by atoms with Crippen LogP contribution in [0, 0.1) is 17.8 Å². The number of rotatable bonds is 6. The second-order valence-corrected chi connectivity index (χ2v) is 6.32. The van der Waals surface area contributed by atoms with Crippen LogP contribution in [0.25, 0.3) is 0 Å². The predicted octanol–water partition coefficient (Wildman–Crippen LogP) is 2.99. The highest BCUT2D eigenvalue weighted by Crippen LogP contribution is 2.24. The SMILES string of the molecule is CCCNCC(C)C(C)N1CC(C)CC(C)C1. The van der Waals surface area contributed by atoms with Gasteiger partial charge in [0, 0.05) is 19.1 Å². The van der Waals surface area contributed by atoms with E-state index < -0.39 is 0 Å². The van der Waals surface area contributed by atoms with Gasteiger partial charge in [0.1, 0.15) is 0 Å². The average Bonchev–Trinajstić information content (AvgIpc) is 2.27. The van der Waals surface area contributed by atoms with E-state index in [9.17, 15) is 0 Å². The lowest BCUT2D eigenvalue weighted by Gasteiger charge is -2.41. The molecule has 102 valence electrons. The number of hydrogen-bond acceptors (Lipinski definition) is 2. The number of nitrogens with zero attached hydrogens (tertiary/aromatic N) is 1. The van der Waals surface area contributed by atoms with Gasteiger partial charge in [-0.25, -0.2) is 0 Å². The standard InChI is InChI=1S/C15H32N2/c1-6-7-16-9-14(4)15(5)17-10-12(2)8-13(3)11-17/h12-16H,6-11H2,1-5H3. The normalized spacial score (nSPS) is 30.2. The maximum atomic E-state index is 3.55. The number of piperidine rings is 1. The van der Waals surface area contributed by atoms with Crippen molar-refractivity contribution in [2.75, 3.05) is 26.2 Å². The molecule has 0 aliphatic carbocycles.